The molecule has 1 N–H and O–H groups in total. The molecular formula is C25H28N4O3. The highest BCUT2D eigenvalue weighted by Crippen LogP contribution is 2.34. The molecule has 7 heteroatoms. The van der Waals surface area contributed by atoms with E-state index >= 15 is 0 Å². The summed E-state index contributed by atoms with van der Waals surface area (Å²) in [5.41, 5.74) is 4.63. The first kappa shape index (κ1) is 20.5. The van der Waals surface area contributed by atoms with Gasteiger partial charge in [0.05, 0.1) is 6.20 Å². The molecule has 0 radical (unpaired) electrons. The summed E-state index contributed by atoms with van der Waals surface area (Å²) in [4.78, 5) is 17.4. The fraction of sp³-hybridized carbons (Fsp3) is 0.400. The topological polar surface area (TPSA) is 78.3 Å². The van der Waals surface area contributed by atoms with Gasteiger partial charge in [0.25, 0.3) is 11.8 Å². The molecule has 5 rings (SSSR count). The summed E-state index contributed by atoms with van der Waals surface area (Å²) in [6.45, 7) is 0.919. The van der Waals surface area contributed by atoms with E-state index in [4.69, 9.17) is 9.47 Å². The lowest BCUT2D eigenvalue weighted by atomic mass is 9.95. The molecule has 2 aliphatic rings. The minimum atomic E-state index is -0.137. The molecular weight excluding hydrogens is 404 g/mol. The molecule has 1 aliphatic heterocycles. The number of ether oxygens (including phenoxy) is 2. The SMILES string of the molecule is Cn1cc(-c2ccc(Cc3cc(C(=O)NC4CCCCC4)nc4c3OCCO4)cc2)cn1. The molecule has 166 valence electrons. The van der Waals surface area contributed by atoms with Crippen LogP contribution in [0.3, 0.4) is 0 Å². The Kier molecular flexibility index (Phi) is 5.79. The van der Waals surface area contributed by atoms with Crippen molar-refractivity contribution < 1.29 is 14.3 Å². The molecule has 3 aromatic rings. The van der Waals surface area contributed by atoms with Gasteiger partial charge in [-0.15, -0.1) is 0 Å². The van der Waals surface area contributed by atoms with Crippen LogP contribution in [0.25, 0.3) is 11.1 Å². The van der Waals surface area contributed by atoms with Crippen LogP contribution < -0.4 is 14.8 Å². The minimum absolute atomic E-state index is 0.137. The van der Waals surface area contributed by atoms with Gasteiger partial charge in [0.15, 0.2) is 5.75 Å². The van der Waals surface area contributed by atoms with Crippen molar-refractivity contribution in [2.75, 3.05) is 13.2 Å². The van der Waals surface area contributed by atoms with Crippen LogP contribution in [0, 0.1) is 0 Å². The fourth-order valence-electron chi connectivity index (χ4n) is 4.45. The van der Waals surface area contributed by atoms with Crippen LogP contribution in [0.2, 0.25) is 0 Å². The molecule has 1 saturated carbocycles. The fourth-order valence-corrected chi connectivity index (χ4v) is 4.45. The summed E-state index contributed by atoms with van der Waals surface area (Å²) < 4.78 is 13.4. The quantitative estimate of drug-likeness (QED) is 0.661. The number of carbonyl (C=O) groups is 1. The number of nitrogens with zero attached hydrogens (tertiary/aromatic N) is 3. The molecule has 0 unspecified atom stereocenters. The highest BCUT2D eigenvalue weighted by atomic mass is 16.6. The van der Waals surface area contributed by atoms with Gasteiger partial charge in [-0.2, -0.15) is 5.10 Å². The number of carbonyl (C=O) groups excluding carboxylic acids is 1. The van der Waals surface area contributed by atoms with Crippen molar-refractivity contribution in [3.63, 3.8) is 0 Å². The van der Waals surface area contributed by atoms with Gasteiger partial charge in [-0.3, -0.25) is 9.48 Å². The van der Waals surface area contributed by atoms with Crippen molar-refractivity contribution in [2.45, 2.75) is 44.6 Å². The zero-order chi connectivity index (χ0) is 21.9. The number of amides is 1. The van der Waals surface area contributed by atoms with E-state index in [0.29, 0.717) is 37.0 Å². The summed E-state index contributed by atoms with van der Waals surface area (Å²) in [6, 6.07) is 10.5. The maximum Gasteiger partial charge on any atom is 0.270 e. The van der Waals surface area contributed by atoms with Crippen LogP contribution >= 0.6 is 0 Å². The zero-order valence-electron chi connectivity index (χ0n) is 18.3. The lowest BCUT2D eigenvalue weighted by Gasteiger charge is -2.24. The number of aromatic nitrogens is 3. The summed E-state index contributed by atoms with van der Waals surface area (Å²) in [5.74, 6) is 0.915. The third-order valence-corrected chi connectivity index (χ3v) is 6.15. The number of rotatable bonds is 5. The van der Waals surface area contributed by atoms with Gasteiger partial charge < -0.3 is 14.8 Å². The van der Waals surface area contributed by atoms with Gasteiger partial charge in [-0.25, -0.2) is 4.98 Å². The number of nitrogens with one attached hydrogen (secondary N) is 1. The first-order valence-electron chi connectivity index (χ1n) is 11.3. The number of benzene rings is 1. The van der Waals surface area contributed by atoms with E-state index in [9.17, 15) is 4.79 Å². The summed E-state index contributed by atoms with van der Waals surface area (Å²) >= 11 is 0. The first-order chi connectivity index (χ1) is 15.7. The van der Waals surface area contributed by atoms with Gasteiger partial charge in [0.2, 0.25) is 0 Å². The van der Waals surface area contributed by atoms with E-state index in [2.05, 4.69) is 39.7 Å². The Hall–Kier alpha value is -3.35. The van der Waals surface area contributed by atoms with Crippen LogP contribution in [-0.2, 0) is 13.5 Å². The molecule has 3 heterocycles. The van der Waals surface area contributed by atoms with Crippen molar-refractivity contribution >= 4 is 5.91 Å². The number of hydrogen-bond donors (Lipinski definition) is 1. The Balaban J connectivity index is 1.38. The van der Waals surface area contributed by atoms with Crippen LogP contribution in [0.5, 0.6) is 11.6 Å². The maximum absolute atomic E-state index is 12.9. The van der Waals surface area contributed by atoms with Crippen LogP contribution in [0.4, 0.5) is 0 Å². The monoisotopic (exact) mass is 432 g/mol. The van der Waals surface area contributed by atoms with Crippen LogP contribution in [-0.4, -0.2) is 39.9 Å². The summed E-state index contributed by atoms with van der Waals surface area (Å²) in [6.07, 6.45) is 10.1. The smallest absolute Gasteiger partial charge is 0.270 e. The Morgan fingerprint density at radius 1 is 1.09 bits per heavy atom. The largest absolute Gasteiger partial charge is 0.484 e. The number of pyridine rings is 1. The molecule has 1 amide bonds. The molecule has 0 atom stereocenters. The lowest BCUT2D eigenvalue weighted by Crippen LogP contribution is -2.36. The van der Waals surface area contributed by atoms with Gasteiger partial charge in [-0.1, -0.05) is 43.5 Å². The molecule has 32 heavy (non-hydrogen) atoms. The van der Waals surface area contributed by atoms with Gasteiger partial charge in [0, 0.05) is 36.8 Å². The predicted octanol–water partition coefficient (Wildman–Crippen LogP) is 3.91. The highest BCUT2D eigenvalue weighted by Gasteiger charge is 2.24. The molecule has 1 fully saturated rings. The van der Waals surface area contributed by atoms with E-state index in [-0.39, 0.29) is 11.9 Å². The summed E-state index contributed by atoms with van der Waals surface area (Å²) in [5, 5.41) is 7.40. The Morgan fingerprint density at radius 2 is 1.88 bits per heavy atom. The number of aryl methyl sites for hydroxylation is 1. The van der Waals surface area contributed by atoms with Crippen molar-refractivity contribution in [3.8, 4) is 22.8 Å². The maximum atomic E-state index is 12.9. The molecule has 1 aromatic carbocycles. The number of fused-ring (bicyclic) bond motifs is 1. The van der Waals surface area contributed by atoms with Crippen molar-refractivity contribution in [3.05, 3.63) is 59.5 Å². The van der Waals surface area contributed by atoms with E-state index in [0.717, 1.165) is 35.1 Å². The average Bonchev–Trinajstić information content (AvgIpc) is 3.26. The third-order valence-electron chi connectivity index (χ3n) is 6.15. The van der Waals surface area contributed by atoms with Gasteiger partial charge >= 0.3 is 0 Å². The van der Waals surface area contributed by atoms with Crippen molar-refractivity contribution in [2.24, 2.45) is 7.05 Å². The molecule has 0 spiro atoms. The van der Waals surface area contributed by atoms with Crippen molar-refractivity contribution in [1.29, 1.82) is 0 Å². The van der Waals surface area contributed by atoms with E-state index in [1.165, 1.54) is 19.3 Å². The van der Waals surface area contributed by atoms with Crippen molar-refractivity contribution in [1.82, 2.24) is 20.1 Å². The third kappa shape index (κ3) is 4.47. The second kappa shape index (κ2) is 9.02. The van der Waals surface area contributed by atoms with E-state index in [1.54, 1.807) is 4.68 Å². The molecule has 2 aromatic heterocycles. The number of hydrogen-bond acceptors (Lipinski definition) is 5. The molecule has 1 aliphatic carbocycles. The molecule has 0 saturated heterocycles. The molecule has 0 bridgehead atoms. The lowest BCUT2D eigenvalue weighted by molar-refractivity contribution is 0.0919. The average molecular weight is 433 g/mol. The normalized spacial score (nSPS) is 16.0. The standard InChI is InChI=1S/C25H28N4O3/c1-29-16-20(15-26-29)18-9-7-17(8-10-18)13-19-14-22(28-25-23(19)31-11-12-32-25)24(30)27-21-5-3-2-4-6-21/h7-10,14-16,21H,2-6,11-13H2,1H3,(H,27,30). The zero-order valence-corrected chi connectivity index (χ0v) is 18.3. The first-order valence-corrected chi connectivity index (χ1v) is 11.3. The van der Waals surface area contributed by atoms with Gasteiger partial charge in [-0.05, 0) is 30.0 Å². The minimum Gasteiger partial charge on any atom is -0.484 e. The molecule has 7 nitrogen and oxygen atoms in total. The van der Waals surface area contributed by atoms with Crippen LogP contribution in [0.1, 0.15) is 53.7 Å². The second-order valence-corrected chi connectivity index (χ2v) is 8.58. The second-order valence-electron chi connectivity index (χ2n) is 8.58. The highest BCUT2D eigenvalue weighted by molar-refractivity contribution is 5.93. The van der Waals surface area contributed by atoms with E-state index < -0.39 is 0 Å². The Labute approximate surface area is 187 Å². The van der Waals surface area contributed by atoms with Gasteiger partial charge in [0.1, 0.15) is 18.9 Å². The Morgan fingerprint density at radius 3 is 2.62 bits per heavy atom. The summed E-state index contributed by atoms with van der Waals surface area (Å²) in [7, 11) is 1.91. The predicted molar refractivity (Wildman–Crippen MR) is 121 cm³/mol. The van der Waals surface area contributed by atoms with Crippen LogP contribution in [0.15, 0.2) is 42.7 Å². The van der Waals surface area contributed by atoms with E-state index in [1.807, 2.05) is 25.5 Å². The Bertz CT molecular complexity index is 1100.